The van der Waals surface area contributed by atoms with Crippen LogP contribution in [0.3, 0.4) is 0 Å². The number of carbonyl (C=O) groups is 1. The Morgan fingerprint density at radius 2 is 1.67 bits per heavy atom. The summed E-state index contributed by atoms with van der Waals surface area (Å²) in [5.41, 5.74) is 19.3. The lowest BCUT2D eigenvalue weighted by Crippen LogP contribution is -2.11. The van der Waals surface area contributed by atoms with Crippen molar-refractivity contribution in [2.24, 2.45) is 17.4 Å². The van der Waals surface area contributed by atoms with E-state index in [2.05, 4.69) is 51.1 Å². The molecule has 0 unspecified atom stereocenters. The second kappa shape index (κ2) is 11.1. The monoisotopic (exact) mass is 445 g/mol. The van der Waals surface area contributed by atoms with Gasteiger partial charge in [0.25, 0.3) is 0 Å². The Hall–Kier alpha value is -2.40. The minimum Gasteiger partial charge on any atom is -0.366 e. The molecule has 1 aromatic heterocycles. The molecule has 0 saturated heterocycles. The van der Waals surface area contributed by atoms with E-state index in [-0.39, 0.29) is 24.8 Å². The van der Waals surface area contributed by atoms with Crippen LogP contribution in [0.1, 0.15) is 41.0 Å². The van der Waals surface area contributed by atoms with E-state index in [0.29, 0.717) is 18.0 Å². The Kier molecular flexibility index (Phi) is 9.50. The van der Waals surface area contributed by atoms with Gasteiger partial charge in [-0.25, -0.2) is 0 Å². The van der Waals surface area contributed by atoms with Gasteiger partial charge in [0.15, 0.2) is 0 Å². The van der Waals surface area contributed by atoms with Crippen LogP contribution in [0.5, 0.6) is 0 Å². The third-order valence-electron chi connectivity index (χ3n) is 4.82. The number of nitrogens with zero attached hydrogens (tertiary/aromatic N) is 1. The molecule has 0 spiro atoms. The minimum atomic E-state index is -0.443. The summed E-state index contributed by atoms with van der Waals surface area (Å²) in [6.07, 6.45) is 0.842. The number of nitrogens with two attached hydrogens (primary N) is 2. The van der Waals surface area contributed by atoms with Crippen molar-refractivity contribution in [3.8, 4) is 22.4 Å². The number of pyridine rings is 1. The normalized spacial score (nSPS) is 10.3. The van der Waals surface area contributed by atoms with Gasteiger partial charge in [-0.15, -0.1) is 24.8 Å². The zero-order valence-electron chi connectivity index (χ0n) is 17.5. The summed E-state index contributed by atoms with van der Waals surface area (Å²) >= 11 is 0. The molecular formula is C24H29Cl2N3O. The van der Waals surface area contributed by atoms with Crippen LogP contribution in [-0.2, 0) is 13.0 Å². The first-order chi connectivity index (χ1) is 13.4. The van der Waals surface area contributed by atoms with E-state index in [1.54, 1.807) is 12.1 Å². The van der Waals surface area contributed by atoms with Gasteiger partial charge < -0.3 is 11.5 Å². The first kappa shape index (κ1) is 25.6. The highest BCUT2D eigenvalue weighted by molar-refractivity contribution is 5.94. The number of rotatable bonds is 6. The standard InChI is InChI=1S/C24H27N3O.2ClH/c1-15(2)11-23-21(14-25)20(17-9-7-16(3)8-10-17)13-22(27-23)18-5-4-6-19(12-18)24(26)28;;/h4-10,12-13,15H,11,14,25H2,1-3H3,(H2,26,28);2*1H. The highest BCUT2D eigenvalue weighted by Crippen LogP contribution is 2.32. The highest BCUT2D eigenvalue weighted by Gasteiger charge is 2.16. The van der Waals surface area contributed by atoms with Crippen LogP contribution in [0.4, 0.5) is 0 Å². The lowest BCUT2D eigenvalue weighted by molar-refractivity contribution is 0.100. The van der Waals surface area contributed by atoms with E-state index in [0.717, 1.165) is 40.1 Å². The number of carbonyl (C=O) groups excluding carboxylic acids is 1. The highest BCUT2D eigenvalue weighted by atomic mass is 35.5. The second-order valence-corrected chi connectivity index (χ2v) is 7.59. The van der Waals surface area contributed by atoms with Gasteiger partial charge in [0.1, 0.15) is 0 Å². The Balaban J connectivity index is 0.00000225. The summed E-state index contributed by atoms with van der Waals surface area (Å²) in [4.78, 5) is 16.5. The molecule has 4 N–H and O–H groups in total. The van der Waals surface area contributed by atoms with Crippen LogP contribution < -0.4 is 11.5 Å². The van der Waals surface area contributed by atoms with Crippen molar-refractivity contribution in [2.45, 2.75) is 33.7 Å². The number of amides is 1. The molecule has 0 bridgehead atoms. The molecule has 160 valence electrons. The van der Waals surface area contributed by atoms with Crippen molar-refractivity contribution in [3.63, 3.8) is 0 Å². The summed E-state index contributed by atoms with van der Waals surface area (Å²) in [6.45, 7) is 6.85. The molecule has 0 saturated carbocycles. The zero-order chi connectivity index (χ0) is 20.3. The Bertz CT molecular complexity index is 1000. The first-order valence-electron chi connectivity index (χ1n) is 9.59. The molecule has 30 heavy (non-hydrogen) atoms. The molecule has 0 radical (unpaired) electrons. The van der Waals surface area contributed by atoms with Gasteiger partial charge in [-0.2, -0.15) is 0 Å². The smallest absolute Gasteiger partial charge is 0.248 e. The van der Waals surface area contributed by atoms with Crippen LogP contribution in [-0.4, -0.2) is 10.9 Å². The van der Waals surface area contributed by atoms with Crippen molar-refractivity contribution < 1.29 is 4.79 Å². The summed E-state index contributed by atoms with van der Waals surface area (Å²) in [7, 11) is 0. The van der Waals surface area contributed by atoms with E-state index in [1.165, 1.54) is 5.56 Å². The number of primary amides is 1. The van der Waals surface area contributed by atoms with Crippen molar-refractivity contribution in [1.29, 1.82) is 0 Å². The third-order valence-corrected chi connectivity index (χ3v) is 4.82. The van der Waals surface area contributed by atoms with Gasteiger partial charge in [0.2, 0.25) is 5.91 Å². The number of hydrogen-bond acceptors (Lipinski definition) is 3. The first-order valence-corrected chi connectivity index (χ1v) is 9.59. The van der Waals surface area contributed by atoms with Gasteiger partial charge in [0.05, 0.1) is 5.69 Å². The van der Waals surface area contributed by atoms with Crippen LogP contribution in [0, 0.1) is 12.8 Å². The van der Waals surface area contributed by atoms with E-state index in [1.807, 2.05) is 12.1 Å². The summed E-state index contributed by atoms with van der Waals surface area (Å²) in [5.74, 6) is 0.0115. The summed E-state index contributed by atoms with van der Waals surface area (Å²) in [5, 5.41) is 0. The fraction of sp³-hybridized carbons (Fsp3) is 0.250. The van der Waals surface area contributed by atoms with Crippen LogP contribution in [0.15, 0.2) is 54.6 Å². The van der Waals surface area contributed by atoms with Gasteiger partial charge in [-0.3, -0.25) is 9.78 Å². The fourth-order valence-corrected chi connectivity index (χ4v) is 3.38. The molecule has 0 aliphatic rings. The van der Waals surface area contributed by atoms with Crippen molar-refractivity contribution in [3.05, 3.63) is 77.0 Å². The van der Waals surface area contributed by atoms with E-state index >= 15 is 0 Å². The van der Waals surface area contributed by atoms with Crippen molar-refractivity contribution in [1.82, 2.24) is 4.98 Å². The SMILES string of the molecule is Cc1ccc(-c2cc(-c3cccc(C(N)=O)c3)nc(CC(C)C)c2CN)cc1.Cl.Cl. The number of aromatic nitrogens is 1. The summed E-state index contributed by atoms with van der Waals surface area (Å²) in [6, 6.07) is 17.8. The Labute approximate surface area is 190 Å². The molecule has 3 aromatic rings. The third kappa shape index (κ3) is 5.82. The molecule has 2 aromatic carbocycles. The molecule has 0 aliphatic carbocycles. The Morgan fingerprint density at radius 3 is 2.23 bits per heavy atom. The van der Waals surface area contributed by atoms with E-state index in [9.17, 15) is 4.79 Å². The molecule has 0 aliphatic heterocycles. The van der Waals surface area contributed by atoms with Gasteiger partial charge in [-0.1, -0.05) is 55.8 Å². The lowest BCUT2D eigenvalue weighted by atomic mass is 9.92. The number of aryl methyl sites for hydroxylation is 1. The molecule has 0 atom stereocenters. The number of halogens is 2. The van der Waals surface area contributed by atoms with Crippen molar-refractivity contribution >= 4 is 30.7 Å². The maximum absolute atomic E-state index is 11.6. The Morgan fingerprint density at radius 1 is 1.00 bits per heavy atom. The van der Waals surface area contributed by atoms with Crippen molar-refractivity contribution in [2.75, 3.05) is 0 Å². The van der Waals surface area contributed by atoms with E-state index in [4.69, 9.17) is 16.5 Å². The fourth-order valence-electron chi connectivity index (χ4n) is 3.38. The minimum absolute atomic E-state index is 0. The average Bonchev–Trinajstić information content (AvgIpc) is 2.67. The molecule has 3 rings (SSSR count). The lowest BCUT2D eigenvalue weighted by Gasteiger charge is -2.17. The van der Waals surface area contributed by atoms with Gasteiger partial charge in [0, 0.05) is 23.4 Å². The molecule has 0 fully saturated rings. The summed E-state index contributed by atoms with van der Waals surface area (Å²) < 4.78 is 0. The van der Waals surface area contributed by atoms with Gasteiger partial charge >= 0.3 is 0 Å². The molecular weight excluding hydrogens is 417 g/mol. The van der Waals surface area contributed by atoms with Crippen LogP contribution in [0.25, 0.3) is 22.4 Å². The van der Waals surface area contributed by atoms with Gasteiger partial charge in [-0.05, 0) is 54.2 Å². The zero-order valence-corrected chi connectivity index (χ0v) is 19.1. The maximum atomic E-state index is 11.6. The predicted octanol–water partition coefficient (Wildman–Crippen LogP) is 5.32. The maximum Gasteiger partial charge on any atom is 0.248 e. The topological polar surface area (TPSA) is 82.0 Å². The van der Waals surface area contributed by atoms with Crippen LogP contribution >= 0.6 is 24.8 Å². The largest absolute Gasteiger partial charge is 0.366 e. The molecule has 6 heteroatoms. The number of benzene rings is 2. The second-order valence-electron chi connectivity index (χ2n) is 7.59. The molecule has 1 amide bonds. The molecule has 1 heterocycles. The predicted molar refractivity (Wildman–Crippen MR) is 129 cm³/mol. The molecule has 4 nitrogen and oxygen atoms in total. The van der Waals surface area contributed by atoms with Crippen LogP contribution in [0.2, 0.25) is 0 Å². The quantitative estimate of drug-likeness (QED) is 0.537. The van der Waals surface area contributed by atoms with E-state index < -0.39 is 5.91 Å². The average molecular weight is 446 g/mol. The number of hydrogen-bond donors (Lipinski definition) is 2.